The van der Waals surface area contributed by atoms with Gasteiger partial charge in [-0.1, -0.05) is 0 Å². The average molecular weight is 297 g/mol. The first kappa shape index (κ1) is 18.4. The van der Waals surface area contributed by atoms with Crippen molar-refractivity contribution < 1.29 is 28.0 Å². The average Bonchev–Trinajstić information content (AvgIpc) is 2.05. The Kier molecular flexibility index (Phi) is 6.48. The van der Waals surface area contributed by atoms with E-state index in [-0.39, 0.29) is 13.2 Å². The highest BCUT2D eigenvalue weighted by Crippen LogP contribution is 2.55. The van der Waals surface area contributed by atoms with Crippen LogP contribution in [0.3, 0.4) is 0 Å². The van der Waals surface area contributed by atoms with Gasteiger partial charge in [0.25, 0.3) is 0 Å². The van der Waals surface area contributed by atoms with E-state index in [1.54, 1.807) is 41.5 Å². The number of rotatable bonds is 6. The Bertz CT molecular complexity index is 324. The van der Waals surface area contributed by atoms with Crippen molar-refractivity contribution in [3.63, 3.8) is 0 Å². The molecule has 114 valence electrons. The second-order valence-corrected chi connectivity index (χ2v) is 7.44. The Morgan fingerprint density at radius 2 is 1.53 bits per heavy atom. The van der Waals surface area contributed by atoms with Gasteiger partial charge >= 0.3 is 13.9 Å². The van der Waals surface area contributed by atoms with Crippen LogP contribution >= 0.6 is 7.82 Å². The molecular formula is C11H24NO6P. The van der Waals surface area contributed by atoms with E-state index in [0.29, 0.717) is 0 Å². The third-order valence-electron chi connectivity index (χ3n) is 1.40. The highest BCUT2D eigenvalue weighted by molar-refractivity contribution is 7.48. The number of phosphoric acid groups is 1. The molecule has 8 heteroatoms. The number of hydrogen-bond acceptors (Lipinski definition) is 5. The van der Waals surface area contributed by atoms with Gasteiger partial charge in [-0.2, -0.15) is 0 Å². The van der Waals surface area contributed by atoms with Gasteiger partial charge in [-0.15, -0.1) is 0 Å². The molecule has 0 aliphatic heterocycles. The number of carboxylic acid groups (broad SMARTS) is 1. The minimum absolute atomic E-state index is 0.000326. The largest absolute Gasteiger partial charge is 0.475 e. The van der Waals surface area contributed by atoms with Crippen molar-refractivity contribution in [2.24, 2.45) is 0 Å². The van der Waals surface area contributed by atoms with Crippen molar-refractivity contribution in [3.05, 3.63) is 0 Å². The normalized spacial score (nSPS) is 13.4. The van der Waals surface area contributed by atoms with Gasteiger partial charge in [0.15, 0.2) is 0 Å². The van der Waals surface area contributed by atoms with Crippen molar-refractivity contribution in [2.45, 2.75) is 52.7 Å². The second kappa shape index (κ2) is 6.70. The summed E-state index contributed by atoms with van der Waals surface area (Å²) in [6, 6.07) is 0. The van der Waals surface area contributed by atoms with Gasteiger partial charge in [-0.05, 0) is 41.5 Å². The van der Waals surface area contributed by atoms with Crippen LogP contribution < -0.4 is 5.32 Å². The topological polar surface area (TPSA) is 94.1 Å². The van der Waals surface area contributed by atoms with Crippen LogP contribution in [0, 0.1) is 0 Å². The summed E-state index contributed by atoms with van der Waals surface area (Å²) < 4.78 is 28.3. The predicted molar refractivity (Wildman–Crippen MR) is 71.3 cm³/mol. The van der Waals surface area contributed by atoms with Crippen molar-refractivity contribution >= 4 is 13.9 Å². The van der Waals surface area contributed by atoms with E-state index >= 15 is 0 Å². The number of hydrogen-bond donors (Lipinski definition) is 2. The van der Waals surface area contributed by atoms with Crippen LogP contribution in [0.25, 0.3) is 0 Å². The Morgan fingerprint density at radius 3 is 1.84 bits per heavy atom. The SMILES string of the molecule is CC(C)(C)OP(=O)(OCCNC(=O)O)OC(C)(C)C. The molecule has 0 aliphatic rings. The minimum Gasteiger partial charge on any atom is -0.465 e. The molecule has 0 saturated heterocycles. The Hall–Kier alpha value is -0.620. The molecule has 0 aliphatic carbocycles. The first-order valence-corrected chi connectivity index (χ1v) is 7.42. The van der Waals surface area contributed by atoms with Crippen molar-refractivity contribution in [1.29, 1.82) is 0 Å². The lowest BCUT2D eigenvalue weighted by atomic mass is 10.2. The highest BCUT2D eigenvalue weighted by Gasteiger charge is 2.36. The summed E-state index contributed by atoms with van der Waals surface area (Å²) in [6.45, 7) is 10.3. The Morgan fingerprint density at radius 1 is 1.11 bits per heavy atom. The second-order valence-electron chi connectivity index (χ2n) is 5.92. The monoisotopic (exact) mass is 297 g/mol. The number of nitrogens with one attached hydrogen (secondary N) is 1. The molecule has 0 unspecified atom stereocenters. The molecule has 0 bridgehead atoms. The lowest BCUT2D eigenvalue weighted by molar-refractivity contribution is 0.00372. The van der Waals surface area contributed by atoms with Gasteiger partial charge in [0.2, 0.25) is 0 Å². The van der Waals surface area contributed by atoms with Crippen LogP contribution in [0.1, 0.15) is 41.5 Å². The molecule has 19 heavy (non-hydrogen) atoms. The van der Waals surface area contributed by atoms with Crippen LogP contribution in [0.4, 0.5) is 4.79 Å². The van der Waals surface area contributed by atoms with Crippen molar-refractivity contribution in [1.82, 2.24) is 5.32 Å². The van der Waals surface area contributed by atoms with Gasteiger partial charge in [0.05, 0.1) is 17.8 Å². The van der Waals surface area contributed by atoms with E-state index in [9.17, 15) is 9.36 Å². The molecular weight excluding hydrogens is 273 g/mol. The van der Waals surface area contributed by atoms with Crippen LogP contribution in [-0.4, -0.2) is 35.6 Å². The Balaban J connectivity index is 4.59. The number of amides is 1. The first-order chi connectivity index (χ1) is 8.33. The van der Waals surface area contributed by atoms with E-state index < -0.39 is 25.1 Å². The Labute approximate surface area is 114 Å². The molecule has 0 aromatic carbocycles. The van der Waals surface area contributed by atoms with Crippen molar-refractivity contribution in [3.8, 4) is 0 Å². The minimum atomic E-state index is -3.76. The van der Waals surface area contributed by atoms with Gasteiger partial charge in [0.1, 0.15) is 0 Å². The fraction of sp³-hybridized carbons (Fsp3) is 0.909. The highest BCUT2D eigenvalue weighted by atomic mass is 31.2. The van der Waals surface area contributed by atoms with Crippen molar-refractivity contribution in [2.75, 3.05) is 13.2 Å². The summed E-state index contributed by atoms with van der Waals surface area (Å²) >= 11 is 0. The van der Waals surface area contributed by atoms with Crippen LogP contribution in [-0.2, 0) is 18.1 Å². The molecule has 0 heterocycles. The molecule has 0 atom stereocenters. The molecule has 0 radical (unpaired) electrons. The summed E-state index contributed by atoms with van der Waals surface area (Å²) in [5.74, 6) is 0. The first-order valence-electron chi connectivity index (χ1n) is 5.96. The van der Waals surface area contributed by atoms with E-state index in [2.05, 4.69) is 5.32 Å². The number of carbonyl (C=O) groups is 1. The molecule has 0 rings (SSSR count). The molecule has 1 amide bonds. The zero-order valence-corrected chi connectivity index (χ0v) is 13.2. The number of phosphoric ester groups is 1. The van der Waals surface area contributed by atoms with Gasteiger partial charge in [0, 0.05) is 6.54 Å². The van der Waals surface area contributed by atoms with Crippen LogP contribution in [0.15, 0.2) is 0 Å². The van der Waals surface area contributed by atoms with Gasteiger partial charge in [-0.3, -0.25) is 13.6 Å². The van der Waals surface area contributed by atoms with Crippen LogP contribution in [0.5, 0.6) is 0 Å². The lowest BCUT2D eigenvalue weighted by Crippen LogP contribution is -2.28. The zero-order chi connectivity index (χ0) is 15.3. The summed E-state index contributed by atoms with van der Waals surface area (Å²) in [5.41, 5.74) is -1.41. The molecule has 0 aromatic heterocycles. The maximum absolute atomic E-state index is 12.4. The van der Waals surface area contributed by atoms with E-state index in [4.69, 9.17) is 18.7 Å². The molecule has 0 spiro atoms. The summed E-state index contributed by atoms with van der Waals surface area (Å²) in [4.78, 5) is 10.3. The maximum atomic E-state index is 12.4. The summed E-state index contributed by atoms with van der Waals surface area (Å²) in [5, 5.41) is 10.5. The zero-order valence-electron chi connectivity index (χ0n) is 12.3. The predicted octanol–water partition coefficient (Wildman–Crippen LogP) is 3.01. The molecule has 0 aromatic rings. The quantitative estimate of drug-likeness (QED) is 0.578. The van der Waals surface area contributed by atoms with Gasteiger partial charge in [-0.25, -0.2) is 9.36 Å². The van der Waals surface area contributed by atoms with Gasteiger partial charge < -0.3 is 10.4 Å². The molecule has 2 N–H and O–H groups in total. The standard InChI is InChI=1S/C11H24NO6P/c1-10(2,3)17-19(15,18-11(4,5)6)16-8-7-12-9(13)14/h12H,7-8H2,1-6H3,(H,13,14). The maximum Gasteiger partial charge on any atom is 0.475 e. The van der Waals surface area contributed by atoms with Crippen LogP contribution in [0.2, 0.25) is 0 Å². The molecule has 0 saturated carbocycles. The lowest BCUT2D eigenvalue weighted by Gasteiger charge is -2.30. The van der Waals surface area contributed by atoms with E-state index in [0.717, 1.165) is 0 Å². The summed E-state index contributed by atoms with van der Waals surface area (Å²) in [6.07, 6.45) is -1.17. The van der Waals surface area contributed by atoms with E-state index in [1.807, 2.05) is 0 Å². The third kappa shape index (κ3) is 10.9. The summed E-state index contributed by atoms with van der Waals surface area (Å²) in [7, 11) is -3.76. The molecule has 0 fully saturated rings. The van der Waals surface area contributed by atoms with E-state index in [1.165, 1.54) is 0 Å². The third-order valence-corrected chi connectivity index (χ3v) is 3.44. The fourth-order valence-corrected chi connectivity index (χ4v) is 2.86. The smallest absolute Gasteiger partial charge is 0.465 e. The fourth-order valence-electron chi connectivity index (χ4n) is 1.06. The molecule has 7 nitrogen and oxygen atoms in total.